The van der Waals surface area contributed by atoms with Crippen molar-refractivity contribution in [3.05, 3.63) is 26.7 Å². The number of rotatable bonds is 6. The minimum Gasteiger partial charge on any atom is -0.357 e. The Hall–Kier alpha value is -1.79. The van der Waals surface area contributed by atoms with Gasteiger partial charge in [-0.1, -0.05) is 12.1 Å². The molecule has 0 heterocycles. The molecule has 0 aliphatic heterocycles. The van der Waals surface area contributed by atoms with E-state index in [9.17, 15) is 19.8 Å². The fourth-order valence-electron chi connectivity index (χ4n) is 1.19. The van der Waals surface area contributed by atoms with Crippen molar-refractivity contribution in [2.24, 2.45) is 5.18 Å². The maximum absolute atomic E-state index is 11.2. The molecule has 2 unspecified atom stereocenters. The van der Waals surface area contributed by atoms with Crippen LogP contribution < -0.4 is 5.32 Å². The van der Waals surface area contributed by atoms with Crippen LogP contribution in [0.1, 0.15) is 20.3 Å². The molecule has 2 atom stereocenters. The van der Waals surface area contributed by atoms with Crippen LogP contribution in [0.4, 0.5) is 0 Å². The molecule has 0 fully saturated rings. The highest BCUT2D eigenvalue weighted by Crippen LogP contribution is 2.12. The molecule has 0 rings (SSSR count). The molecule has 0 aliphatic rings. The highest BCUT2D eigenvalue weighted by atomic mass is 16.6. The number of likely N-dealkylation sites (N-methyl/N-ethyl adjacent to an activating group) is 1. The average Bonchev–Trinajstić information content (AvgIpc) is 2.28. The minimum atomic E-state index is -1.21. The standard InChI is InChI=1S/C9H15N3O4/c1-4-7(6(2)12(15)16)5-8(11-14)9(13)10-3/h5-6,8H,4H2,1-3H3,(H,10,13). The summed E-state index contributed by atoms with van der Waals surface area (Å²) in [5.74, 6) is -0.573. The van der Waals surface area contributed by atoms with Crippen molar-refractivity contribution in [2.75, 3.05) is 7.05 Å². The Bertz CT molecular complexity index is 314. The van der Waals surface area contributed by atoms with Gasteiger partial charge >= 0.3 is 0 Å². The maximum Gasteiger partial charge on any atom is 0.252 e. The van der Waals surface area contributed by atoms with E-state index in [-0.39, 0.29) is 0 Å². The molecule has 16 heavy (non-hydrogen) atoms. The number of nitrogens with zero attached hydrogens (tertiary/aromatic N) is 2. The number of nitroso groups, excluding NO2 is 1. The van der Waals surface area contributed by atoms with Gasteiger partial charge in [0.2, 0.25) is 6.04 Å². The quantitative estimate of drug-likeness (QED) is 0.316. The van der Waals surface area contributed by atoms with Crippen molar-refractivity contribution in [1.82, 2.24) is 5.32 Å². The van der Waals surface area contributed by atoms with E-state index in [0.29, 0.717) is 12.0 Å². The Morgan fingerprint density at radius 2 is 2.19 bits per heavy atom. The van der Waals surface area contributed by atoms with Gasteiger partial charge in [-0.25, -0.2) is 0 Å². The van der Waals surface area contributed by atoms with Crippen molar-refractivity contribution < 1.29 is 9.72 Å². The highest BCUT2D eigenvalue weighted by molar-refractivity contribution is 5.83. The topological polar surface area (TPSA) is 102 Å². The Labute approximate surface area is 93.0 Å². The lowest BCUT2D eigenvalue weighted by atomic mass is 10.0. The van der Waals surface area contributed by atoms with Crippen LogP contribution in [0.25, 0.3) is 0 Å². The van der Waals surface area contributed by atoms with Gasteiger partial charge in [0.05, 0.1) is 0 Å². The van der Waals surface area contributed by atoms with Crippen molar-refractivity contribution >= 4 is 5.91 Å². The summed E-state index contributed by atoms with van der Waals surface area (Å²) in [5.41, 5.74) is 0.415. The fourth-order valence-corrected chi connectivity index (χ4v) is 1.19. The van der Waals surface area contributed by atoms with Gasteiger partial charge < -0.3 is 5.32 Å². The molecule has 0 saturated carbocycles. The lowest BCUT2D eigenvalue weighted by Crippen LogP contribution is -2.30. The maximum atomic E-state index is 11.2. The predicted molar refractivity (Wildman–Crippen MR) is 58.5 cm³/mol. The number of carbonyl (C=O) groups is 1. The first-order valence-corrected chi connectivity index (χ1v) is 4.86. The number of hydrogen-bond donors (Lipinski definition) is 1. The minimum absolute atomic E-state index is 0.394. The van der Waals surface area contributed by atoms with Crippen LogP contribution in [0.2, 0.25) is 0 Å². The molecule has 7 nitrogen and oxygen atoms in total. The molecule has 0 aromatic heterocycles. The van der Waals surface area contributed by atoms with E-state index < -0.39 is 22.9 Å². The molecule has 0 bridgehead atoms. The summed E-state index contributed by atoms with van der Waals surface area (Å²) >= 11 is 0. The molecule has 1 N–H and O–H groups in total. The number of amides is 1. The van der Waals surface area contributed by atoms with Crippen LogP contribution >= 0.6 is 0 Å². The summed E-state index contributed by atoms with van der Waals surface area (Å²) < 4.78 is 0. The zero-order valence-electron chi connectivity index (χ0n) is 9.47. The third kappa shape index (κ3) is 3.76. The van der Waals surface area contributed by atoms with E-state index >= 15 is 0 Å². The third-order valence-corrected chi connectivity index (χ3v) is 2.26. The van der Waals surface area contributed by atoms with E-state index in [0.717, 1.165) is 0 Å². The fraction of sp³-hybridized carbons (Fsp3) is 0.667. The molecular weight excluding hydrogens is 214 g/mol. The molecule has 0 aliphatic carbocycles. The summed E-state index contributed by atoms with van der Waals surface area (Å²) in [6.45, 7) is 3.12. The second-order valence-corrected chi connectivity index (χ2v) is 3.22. The van der Waals surface area contributed by atoms with Gasteiger partial charge in [-0.2, -0.15) is 0 Å². The van der Waals surface area contributed by atoms with Crippen LogP contribution in [0.5, 0.6) is 0 Å². The molecule has 90 valence electrons. The van der Waals surface area contributed by atoms with Crippen molar-refractivity contribution in [1.29, 1.82) is 0 Å². The summed E-state index contributed by atoms with van der Waals surface area (Å²) in [6.07, 6.45) is 1.64. The summed E-state index contributed by atoms with van der Waals surface area (Å²) in [7, 11) is 1.37. The van der Waals surface area contributed by atoms with Gasteiger partial charge in [-0.05, 0) is 12.5 Å². The van der Waals surface area contributed by atoms with Crippen molar-refractivity contribution in [2.45, 2.75) is 32.4 Å². The molecule has 0 saturated heterocycles. The van der Waals surface area contributed by atoms with Crippen LogP contribution in [-0.4, -0.2) is 30.0 Å². The monoisotopic (exact) mass is 229 g/mol. The average molecular weight is 229 g/mol. The molecule has 0 aromatic carbocycles. The number of nitrogens with one attached hydrogen (secondary N) is 1. The first kappa shape index (κ1) is 14.2. The van der Waals surface area contributed by atoms with Gasteiger partial charge in [-0.15, -0.1) is 4.91 Å². The van der Waals surface area contributed by atoms with Crippen LogP contribution in [0.3, 0.4) is 0 Å². The Kier molecular flexibility index (Phi) is 5.91. The van der Waals surface area contributed by atoms with E-state index in [1.54, 1.807) is 6.92 Å². The van der Waals surface area contributed by atoms with Crippen LogP contribution in [-0.2, 0) is 4.79 Å². The van der Waals surface area contributed by atoms with Gasteiger partial charge in [0.1, 0.15) is 0 Å². The molecule has 7 heteroatoms. The zero-order chi connectivity index (χ0) is 12.7. The normalized spacial score (nSPS) is 15.1. The predicted octanol–water partition coefficient (Wildman–Crippen LogP) is 0.869. The van der Waals surface area contributed by atoms with E-state index in [4.69, 9.17) is 0 Å². The van der Waals surface area contributed by atoms with Crippen LogP contribution in [0.15, 0.2) is 16.8 Å². The third-order valence-electron chi connectivity index (χ3n) is 2.26. The van der Waals surface area contributed by atoms with Crippen molar-refractivity contribution in [3.63, 3.8) is 0 Å². The van der Waals surface area contributed by atoms with Gasteiger partial charge in [0, 0.05) is 24.5 Å². The Balaban J connectivity index is 4.98. The Morgan fingerprint density at radius 3 is 2.50 bits per heavy atom. The van der Waals surface area contributed by atoms with E-state index in [2.05, 4.69) is 10.5 Å². The molecule has 0 aromatic rings. The SMILES string of the molecule is CCC(=CC(N=O)C(=O)NC)C(C)[N+](=O)[O-]. The van der Waals surface area contributed by atoms with E-state index in [1.165, 1.54) is 20.0 Å². The zero-order valence-corrected chi connectivity index (χ0v) is 9.47. The number of nitro groups is 1. The summed E-state index contributed by atoms with van der Waals surface area (Å²) in [5, 5.41) is 15.5. The largest absolute Gasteiger partial charge is 0.357 e. The molecule has 0 radical (unpaired) electrons. The molecule has 0 spiro atoms. The second kappa shape index (κ2) is 6.65. The van der Waals surface area contributed by atoms with Crippen molar-refractivity contribution in [3.8, 4) is 0 Å². The first-order valence-electron chi connectivity index (χ1n) is 4.86. The lowest BCUT2D eigenvalue weighted by molar-refractivity contribution is -0.508. The van der Waals surface area contributed by atoms with Gasteiger partial charge in [0.15, 0.2) is 6.04 Å². The Morgan fingerprint density at radius 1 is 1.62 bits per heavy atom. The summed E-state index contributed by atoms with van der Waals surface area (Å²) in [4.78, 5) is 31.7. The second-order valence-electron chi connectivity index (χ2n) is 3.22. The summed E-state index contributed by atoms with van der Waals surface area (Å²) in [6, 6.07) is -2.12. The molecular formula is C9H15N3O4. The number of carbonyl (C=O) groups excluding carboxylic acids is 1. The van der Waals surface area contributed by atoms with Gasteiger partial charge in [-0.3, -0.25) is 14.9 Å². The lowest BCUT2D eigenvalue weighted by Gasteiger charge is -2.09. The highest BCUT2D eigenvalue weighted by Gasteiger charge is 2.22. The number of hydrogen-bond acceptors (Lipinski definition) is 5. The molecule has 1 amide bonds. The van der Waals surface area contributed by atoms with Crippen LogP contribution in [0, 0.1) is 15.0 Å². The first-order chi connectivity index (χ1) is 7.47. The smallest absolute Gasteiger partial charge is 0.252 e. The van der Waals surface area contributed by atoms with Gasteiger partial charge in [0.25, 0.3) is 5.91 Å². The van der Waals surface area contributed by atoms with E-state index in [1.807, 2.05) is 0 Å².